The molecule has 5 heteroatoms. The monoisotopic (exact) mass is 372 g/mol. The summed E-state index contributed by atoms with van der Waals surface area (Å²) in [4.78, 5) is 24.7. The first-order valence-corrected chi connectivity index (χ1v) is 8.90. The van der Waals surface area contributed by atoms with Crippen molar-refractivity contribution in [2.45, 2.75) is 20.4 Å². The van der Waals surface area contributed by atoms with E-state index in [0.717, 1.165) is 17.0 Å². The first-order chi connectivity index (χ1) is 13.5. The molecule has 0 spiro atoms. The second kappa shape index (κ2) is 8.36. The van der Waals surface area contributed by atoms with Gasteiger partial charge in [0, 0.05) is 23.5 Å². The average molecular weight is 372 g/mol. The maximum Gasteiger partial charge on any atom is 0.338 e. The summed E-state index contributed by atoms with van der Waals surface area (Å²) in [5.41, 5.74) is 4.29. The van der Waals surface area contributed by atoms with Gasteiger partial charge in [0.2, 0.25) is 5.78 Å². The summed E-state index contributed by atoms with van der Waals surface area (Å²) in [5.74, 6) is -0.828. The number of ketones is 1. The Labute approximate surface area is 163 Å². The summed E-state index contributed by atoms with van der Waals surface area (Å²) >= 11 is 0. The summed E-state index contributed by atoms with van der Waals surface area (Å²) < 4.78 is 7.23. The van der Waals surface area contributed by atoms with Crippen LogP contribution in [0.1, 0.15) is 43.2 Å². The fraction of sp³-hybridized carbons (Fsp3) is 0.174. The minimum absolute atomic E-state index is 0.241. The zero-order chi connectivity index (χ0) is 20.1. The van der Waals surface area contributed by atoms with Gasteiger partial charge in [-0.05, 0) is 49.7 Å². The second-order valence-corrected chi connectivity index (χ2v) is 6.55. The number of esters is 1. The molecule has 1 heterocycles. The van der Waals surface area contributed by atoms with Gasteiger partial charge in [-0.3, -0.25) is 4.79 Å². The Balaban J connectivity index is 1.68. The van der Waals surface area contributed by atoms with Crippen molar-refractivity contribution >= 4 is 11.8 Å². The Morgan fingerprint density at radius 1 is 1.04 bits per heavy atom. The van der Waals surface area contributed by atoms with Crippen molar-refractivity contribution in [2.75, 3.05) is 6.61 Å². The molecule has 0 saturated carbocycles. The van der Waals surface area contributed by atoms with Gasteiger partial charge in [-0.25, -0.2) is 4.79 Å². The third-order valence-corrected chi connectivity index (χ3v) is 4.64. The maximum atomic E-state index is 12.6. The zero-order valence-electron chi connectivity index (χ0n) is 15.8. The van der Waals surface area contributed by atoms with E-state index < -0.39 is 5.97 Å². The molecule has 0 aliphatic carbocycles. The van der Waals surface area contributed by atoms with E-state index in [1.165, 1.54) is 24.3 Å². The molecule has 0 aliphatic rings. The first kappa shape index (κ1) is 19.1. The SMILES string of the molecule is Cc1cc(C(=O)COC(=O)c2ccc(C#N)cc2)c(C)n1Cc1ccccc1. The molecule has 28 heavy (non-hydrogen) atoms. The fourth-order valence-electron chi connectivity index (χ4n) is 3.07. The minimum Gasteiger partial charge on any atom is -0.454 e. The molecule has 0 aliphatic heterocycles. The minimum atomic E-state index is -0.587. The van der Waals surface area contributed by atoms with Crippen LogP contribution in [0.25, 0.3) is 0 Å². The lowest BCUT2D eigenvalue weighted by Gasteiger charge is -2.10. The summed E-state index contributed by atoms with van der Waals surface area (Å²) in [6.07, 6.45) is 0. The van der Waals surface area contributed by atoms with E-state index in [9.17, 15) is 9.59 Å². The number of rotatable bonds is 6. The van der Waals surface area contributed by atoms with Crippen LogP contribution in [0.2, 0.25) is 0 Å². The Kier molecular flexibility index (Phi) is 5.71. The Bertz CT molecular complexity index is 1040. The van der Waals surface area contributed by atoms with Gasteiger partial charge in [-0.1, -0.05) is 30.3 Å². The van der Waals surface area contributed by atoms with Crippen molar-refractivity contribution in [1.29, 1.82) is 5.26 Å². The predicted octanol–water partition coefficient (Wildman–Crippen LogP) is 4.06. The van der Waals surface area contributed by atoms with Crippen molar-refractivity contribution in [2.24, 2.45) is 0 Å². The van der Waals surface area contributed by atoms with Crippen LogP contribution in [0.15, 0.2) is 60.7 Å². The van der Waals surface area contributed by atoms with E-state index in [4.69, 9.17) is 10.00 Å². The molecule has 0 N–H and O–H groups in total. The van der Waals surface area contributed by atoms with E-state index >= 15 is 0 Å². The van der Waals surface area contributed by atoms with Gasteiger partial charge in [0.25, 0.3) is 0 Å². The normalized spacial score (nSPS) is 10.3. The quantitative estimate of drug-likeness (QED) is 0.483. The van der Waals surface area contributed by atoms with Crippen molar-refractivity contribution in [3.8, 4) is 6.07 Å². The van der Waals surface area contributed by atoms with Gasteiger partial charge in [0.05, 0.1) is 17.2 Å². The smallest absolute Gasteiger partial charge is 0.338 e. The largest absolute Gasteiger partial charge is 0.454 e. The molecule has 0 atom stereocenters. The number of Topliss-reactive ketones (excluding diaryl/α,β-unsaturated/α-hetero) is 1. The molecule has 2 aromatic carbocycles. The summed E-state index contributed by atoms with van der Waals surface area (Å²) in [5, 5.41) is 8.80. The molecule has 3 aromatic rings. The van der Waals surface area contributed by atoms with Crippen molar-refractivity contribution in [3.63, 3.8) is 0 Å². The summed E-state index contributed by atoms with van der Waals surface area (Å²) in [6.45, 7) is 4.20. The van der Waals surface area contributed by atoms with Crippen LogP contribution in [0.5, 0.6) is 0 Å². The number of carbonyl (C=O) groups excluding carboxylic acids is 2. The summed E-state index contributed by atoms with van der Waals surface area (Å²) in [6, 6.07) is 19.9. The van der Waals surface area contributed by atoms with Crippen LogP contribution in [-0.2, 0) is 11.3 Å². The number of ether oxygens (including phenoxy) is 1. The van der Waals surface area contributed by atoms with E-state index in [2.05, 4.69) is 4.57 Å². The number of nitrogens with zero attached hydrogens (tertiary/aromatic N) is 2. The van der Waals surface area contributed by atoms with Crippen molar-refractivity contribution < 1.29 is 14.3 Å². The van der Waals surface area contributed by atoms with Gasteiger partial charge in [-0.15, -0.1) is 0 Å². The number of benzene rings is 2. The van der Waals surface area contributed by atoms with Crippen LogP contribution in [0.4, 0.5) is 0 Å². The molecule has 0 radical (unpaired) electrons. The van der Waals surface area contributed by atoms with E-state index in [1.54, 1.807) is 0 Å². The molecule has 5 nitrogen and oxygen atoms in total. The first-order valence-electron chi connectivity index (χ1n) is 8.90. The molecule has 140 valence electrons. The number of hydrogen-bond donors (Lipinski definition) is 0. The standard InChI is InChI=1S/C23H20N2O3/c1-16-12-21(17(2)25(16)14-19-6-4-3-5-7-19)22(26)15-28-23(27)20-10-8-18(13-24)9-11-20/h3-12H,14-15H2,1-2H3. The van der Waals surface area contributed by atoms with Gasteiger partial charge in [-0.2, -0.15) is 5.26 Å². The lowest BCUT2D eigenvalue weighted by atomic mass is 10.1. The highest BCUT2D eigenvalue weighted by Gasteiger charge is 2.18. The van der Waals surface area contributed by atoms with Crippen molar-refractivity contribution in [3.05, 3.63) is 94.3 Å². The molecule has 0 amide bonds. The second-order valence-electron chi connectivity index (χ2n) is 6.55. The number of nitriles is 1. The third kappa shape index (κ3) is 4.18. The zero-order valence-corrected chi connectivity index (χ0v) is 15.8. The van der Waals surface area contributed by atoms with E-state index in [1.807, 2.05) is 56.3 Å². The van der Waals surface area contributed by atoms with Crippen LogP contribution in [0.3, 0.4) is 0 Å². The lowest BCUT2D eigenvalue weighted by molar-refractivity contribution is 0.0474. The maximum absolute atomic E-state index is 12.6. The average Bonchev–Trinajstić information content (AvgIpc) is 3.01. The summed E-state index contributed by atoms with van der Waals surface area (Å²) in [7, 11) is 0. The number of hydrogen-bond acceptors (Lipinski definition) is 4. The van der Waals surface area contributed by atoms with E-state index in [0.29, 0.717) is 23.2 Å². The topological polar surface area (TPSA) is 72.1 Å². The molecule has 0 fully saturated rings. The molecule has 0 saturated heterocycles. The van der Waals surface area contributed by atoms with Gasteiger partial charge < -0.3 is 9.30 Å². The number of aryl methyl sites for hydroxylation is 1. The Morgan fingerprint density at radius 3 is 2.36 bits per heavy atom. The highest BCUT2D eigenvalue weighted by Crippen LogP contribution is 2.18. The predicted molar refractivity (Wildman–Crippen MR) is 105 cm³/mol. The van der Waals surface area contributed by atoms with Crippen LogP contribution < -0.4 is 0 Å². The van der Waals surface area contributed by atoms with Crippen LogP contribution in [0, 0.1) is 25.2 Å². The Hall–Kier alpha value is -3.65. The van der Waals surface area contributed by atoms with E-state index in [-0.39, 0.29) is 12.4 Å². The fourth-order valence-corrected chi connectivity index (χ4v) is 3.07. The molecule has 1 aromatic heterocycles. The van der Waals surface area contributed by atoms with Gasteiger partial charge >= 0.3 is 5.97 Å². The van der Waals surface area contributed by atoms with Crippen molar-refractivity contribution in [1.82, 2.24) is 4.57 Å². The molecule has 3 rings (SSSR count). The van der Waals surface area contributed by atoms with Crippen LogP contribution >= 0.6 is 0 Å². The van der Waals surface area contributed by atoms with Gasteiger partial charge in [0.1, 0.15) is 0 Å². The number of aromatic nitrogens is 1. The highest BCUT2D eigenvalue weighted by molar-refractivity contribution is 6.00. The number of carbonyl (C=O) groups is 2. The van der Waals surface area contributed by atoms with Gasteiger partial charge in [0.15, 0.2) is 6.61 Å². The molecule has 0 unspecified atom stereocenters. The molecule has 0 bridgehead atoms. The molecular weight excluding hydrogens is 352 g/mol. The molecular formula is C23H20N2O3. The highest BCUT2D eigenvalue weighted by atomic mass is 16.5. The lowest BCUT2D eigenvalue weighted by Crippen LogP contribution is -2.15. The third-order valence-electron chi connectivity index (χ3n) is 4.64. The Morgan fingerprint density at radius 2 is 1.71 bits per heavy atom. The van der Waals surface area contributed by atoms with Crippen LogP contribution in [-0.4, -0.2) is 22.9 Å².